The highest BCUT2D eigenvalue weighted by atomic mass is 32.1. The summed E-state index contributed by atoms with van der Waals surface area (Å²) in [5.74, 6) is 0.494. The standard InChI is InChI=1S/C26H30N2O3S2/c1-31-21-11-5-8-19(16-21)25(26(30)27-20-9-3-2-4-10-20)28(18-23-13-7-15-33-23)24(29)17-22-12-6-14-32-22/h5-8,11-16,20,25H,2-4,9-10,17-18H2,1H3,(H,27,30)/t25-/m1/s1. The van der Waals surface area contributed by atoms with Crippen LogP contribution in [0.3, 0.4) is 0 Å². The van der Waals surface area contributed by atoms with Crippen molar-refractivity contribution in [2.45, 2.75) is 57.2 Å². The van der Waals surface area contributed by atoms with Gasteiger partial charge in [-0.2, -0.15) is 0 Å². The lowest BCUT2D eigenvalue weighted by Crippen LogP contribution is -2.47. The summed E-state index contributed by atoms with van der Waals surface area (Å²) in [6.45, 7) is 0.391. The van der Waals surface area contributed by atoms with Crippen molar-refractivity contribution >= 4 is 34.5 Å². The van der Waals surface area contributed by atoms with E-state index in [1.165, 1.54) is 6.42 Å². The first-order valence-corrected chi connectivity index (χ1v) is 13.2. The van der Waals surface area contributed by atoms with Gasteiger partial charge in [0.1, 0.15) is 11.8 Å². The van der Waals surface area contributed by atoms with Crippen LogP contribution in [0.5, 0.6) is 5.75 Å². The molecular weight excluding hydrogens is 452 g/mol. The molecular formula is C26H30N2O3S2. The Hall–Kier alpha value is -2.64. The van der Waals surface area contributed by atoms with Gasteiger partial charge in [0, 0.05) is 15.8 Å². The van der Waals surface area contributed by atoms with Gasteiger partial charge in [-0.15, -0.1) is 22.7 Å². The number of nitrogens with one attached hydrogen (secondary N) is 1. The van der Waals surface area contributed by atoms with Crippen LogP contribution in [-0.4, -0.2) is 29.9 Å². The minimum Gasteiger partial charge on any atom is -0.497 e. The van der Waals surface area contributed by atoms with Crippen LogP contribution in [0.2, 0.25) is 0 Å². The van der Waals surface area contributed by atoms with Crippen LogP contribution in [0.25, 0.3) is 0 Å². The second kappa shape index (κ2) is 11.5. The number of rotatable bonds is 9. The monoisotopic (exact) mass is 482 g/mol. The van der Waals surface area contributed by atoms with Gasteiger partial charge in [0.15, 0.2) is 0 Å². The molecule has 1 atom stereocenters. The van der Waals surface area contributed by atoms with Crippen molar-refractivity contribution in [3.63, 3.8) is 0 Å². The number of hydrogen-bond donors (Lipinski definition) is 1. The van der Waals surface area contributed by atoms with Crippen LogP contribution in [0.4, 0.5) is 0 Å². The van der Waals surface area contributed by atoms with E-state index in [4.69, 9.17) is 4.74 Å². The molecule has 1 N–H and O–H groups in total. The molecule has 4 rings (SSSR count). The van der Waals surface area contributed by atoms with E-state index >= 15 is 0 Å². The van der Waals surface area contributed by atoms with E-state index < -0.39 is 6.04 Å². The van der Waals surface area contributed by atoms with Crippen molar-refractivity contribution in [3.8, 4) is 5.75 Å². The molecule has 0 aliphatic heterocycles. The first-order valence-electron chi connectivity index (χ1n) is 11.4. The van der Waals surface area contributed by atoms with Crippen molar-refractivity contribution in [1.82, 2.24) is 10.2 Å². The molecule has 1 fully saturated rings. The Morgan fingerprint density at radius 1 is 1.03 bits per heavy atom. The van der Waals surface area contributed by atoms with E-state index in [2.05, 4.69) is 5.32 Å². The van der Waals surface area contributed by atoms with Gasteiger partial charge in [-0.05, 0) is 53.4 Å². The second-order valence-corrected chi connectivity index (χ2v) is 10.4. The molecule has 1 saturated carbocycles. The summed E-state index contributed by atoms with van der Waals surface area (Å²) in [7, 11) is 1.61. The third-order valence-corrected chi connectivity index (χ3v) is 7.79. The summed E-state index contributed by atoms with van der Waals surface area (Å²) in [5, 5.41) is 7.23. The van der Waals surface area contributed by atoms with Gasteiger partial charge < -0.3 is 15.0 Å². The highest BCUT2D eigenvalue weighted by Crippen LogP contribution is 2.29. The Bertz CT molecular complexity index is 1030. The van der Waals surface area contributed by atoms with E-state index in [1.807, 2.05) is 59.3 Å². The smallest absolute Gasteiger partial charge is 0.247 e. The molecule has 5 nitrogen and oxygen atoms in total. The summed E-state index contributed by atoms with van der Waals surface area (Å²) in [5.41, 5.74) is 0.763. The maximum Gasteiger partial charge on any atom is 0.247 e. The Morgan fingerprint density at radius 3 is 2.42 bits per heavy atom. The SMILES string of the molecule is COc1cccc([C@H](C(=O)NC2CCCCC2)N(Cc2cccs2)C(=O)Cc2cccs2)c1. The number of hydrogen-bond acceptors (Lipinski definition) is 5. The second-order valence-electron chi connectivity index (χ2n) is 8.38. The molecule has 3 aromatic rings. The maximum atomic E-state index is 13.7. The first-order chi connectivity index (χ1) is 16.1. The van der Waals surface area contributed by atoms with Crippen molar-refractivity contribution in [3.05, 3.63) is 74.6 Å². The number of ether oxygens (including phenoxy) is 1. The molecule has 2 aromatic heterocycles. The van der Waals surface area contributed by atoms with Gasteiger partial charge in [0.25, 0.3) is 0 Å². The van der Waals surface area contributed by atoms with Crippen LogP contribution in [0, 0.1) is 0 Å². The van der Waals surface area contributed by atoms with Crippen molar-refractivity contribution in [2.75, 3.05) is 7.11 Å². The fraction of sp³-hybridized carbons (Fsp3) is 0.385. The van der Waals surface area contributed by atoms with Crippen LogP contribution < -0.4 is 10.1 Å². The summed E-state index contributed by atoms with van der Waals surface area (Å²) in [4.78, 5) is 31.2. The third kappa shape index (κ3) is 6.24. The first kappa shape index (κ1) is 23.5. The highest BCUT2D eigenvalue weighted by Gasteiger charge is 2.33. The molecule has 0 saturated heterocycles. The molecule has 174 valence electrons. The maximum absolute atomic E-state index is 13.7. The van der Waals surface area contributed by atoms with Gasteiger partial charge in [0.2, 0.25) is 11.8 Å². The predicted octanol–water partition coefficient (Wildman–Crippen LogP) is 5.58. The predicted molar refractivity (Wildman–Crippen MR) is 134 cm³/mol. The molecule has 1 aliphatic rings. The summed E-state index contributed by atoms with van der Waals surface area (Å²) in [6, 6.07) is 14.9. The Labute approximate surface area is 203 Å². The summed E-state index contributed by atoms with van der Waals surface area (Å²) >= 11 is 3.16. The average molecular weight is 483 g/mol. The molecule has 0 bridgehead atoms. The van der Waals surface area contributed by atoms with Gasteiger partial charge >= 0.3 is 0 Å². The van der Waals surface area contributed by atoms with E-state index in [1.54, 1.807) is 34.7 Å². The number of nitrogens with zero attached hydrogens (tertiary/aromatic N) is 1. The fourth-order valence-electron chi connectivity index (χ4n) is 4.37. The zero-order valence-electron chi connectivity index (χ0n) is 18.9. The summed E-state index contributed by atoms with van der Waals surface area (Å²) in [6.07, 6.45) is 5.74. The molecule has 0 spiro atoms. The van der Waals surface area contributed by atoms with Crippen molar-refractivity contribution in [1.29, 1.82) is 0 Å². The summed E-state index contributed by atoms with van der Waals surface area (Å²) < 4.78 is 5.43. The molecule has 33 heavy (non-hydrogen) atoms. The zero-order valence-corrected chi connectivity index (χ0v) is 20.5. The Balaban J connectivity index is 1.68. The molecule has 2 amide bonds. The number of carbonyl (C=O) groups excluding carboxylic acids is 2. The lowest BCUT2D eigenvalue weighted by Gasteiger charge is -2.33. The molecule has 0 unspecified atom stereocenters. The van der Waals surface area contributed by atoms with Crippen LogP contribution in [0.15, 0.2) is 59.3 Å². The van der Waals surface area contributed by atoms with E-state index in [-0.39, 0.29) is 24.3 Å². The van der Waals surface area contributed by atoms with Gasteiger partial charge in [-0.25, -0.2) is 0 Å². The lowest BCUT2D eigenvalue weighted by molar-refractivity contribution is -0.141. The van der Waals surface area contributed by atoms with Gasteiger partial charge in [0.05, 0.1) is 20.1 Å². The zero-order chi connectivity index (χ0) is 23.0. The van der Waals surface area contributed by atoms with E-state index in [0.717, 1.165) is 41.0 Å². The van der Waals surface area contributed by atoms with Crippen LogP contribution >= 0.6 is 22.7 Å². The number of benzene rings is 1. The van der Waals surface area contributed by atoms with Crippen LogP contribution in [0.1, 0.15) is 53.5 Å². The number of carbonyl (C=O) groups is 2. The minimum absolute atomic E-state index is 0.0579. The topological polar surface area (TPSA) is 58.6 Å². The lowest BCUT2D eigenvalue weighted by atomic mass is 9.94. The number of thiophene rings is 2. The molecule has 0 radical (unpaired) electrons. The average Bonchev–Trinajstić information content (AvgIpc) is 3.54. The molecule has 1 aliphatic carbocycles. The Morgan fingerprint density at radius 2 is 1.76 bits per heavy atom. The van der Waals surface area contributed by atoms with Gasteiger partial charge in [-0.1, -0.05) is 43.5 Å². The molecule has 7 heteroatoms. The number of amides is 2. The fourth-order valence-corrected chi connectivity index (χ4v) is 5.77. The minimum atomic E-state index is -0.725. The van der Waals surface area contributed by atoms with Crippen LogP contribution in [-0.2, 0) is 22.6 Å². The van der Waals surface area contributed by atoms with E-state index in [9.17, 15) is 9.59 Å². The van der Waals surface area contributed by atoms with Gasteiger partial charge in [-0.3, -0.25) is 9.59 Å². The quantitative estimate of drug-likeness (QED) is 0.433. The van der Waals surface area contributed by atoms with E-state index in [0.29, 0.717) is 12.3 Å². The normalized spacial score (nSPS) is 15.1. The Kier molecular flexibility index (Phi) is 8.18. The highest BCUT2D eigenvalue weighted by molar-refractivity contribution is 7.10. The molecule has 1 aromatic carbocycles. The third-order valence-electron chi connectivity index (χ3n) is 6.05. The van der Waals surface area contributed by atoms with Crippen molar-refractivity contribution < 1.29 is 14.3 Å². The largest absolute Gasteiger partial charge is 0.497 e. The number of methoxy groups -OCH3 is 1. The van der Waals surface area contributed by atoms with Crippen molar-refractivity contribution in [2.24, 2.45) is 0 Å². The molecule has 2 heterocycles.